The van der Waals surface area contributed by atoms with E-state index in [9.17, 15) is 15.2 Å². The zero-order valence-corrected chi connectivity index (χ0v) is 29.9. The zero-order chi connectivity index (χ0) is 35.7. The molecule has 0 radical (unpaired) electrons. The number of hydrogen-bond acceptors (Lipinski definition) is 10. The molecule has 1 saturated heterocycles. The Balaban J connectivity index is 1.39. The summed E-state index contributed by atoms with van der Waals surface area (Å²) < 4.78 is 35.3. The first-order valence-corrected chi connectivity index (χ1v) is 17.3. The fourth-order valence-electron chi connectivity index (χ4n) is 5.75. The molecule has 2 unspecified atom stereocenters. The van der Waals surface area contributed by atoms with Crippen LogP contribution in [0.3, 0.4) is 0 Å². The van der Waals surface area contributed by atoms with Gasteiger partial charge in [-0.25, -0.2) is 4.79 Å². The standard InChI is InChI=1S/C38H41ClNO9S/c1-44-33-22-27(31-16-17-32(49-31)28-23-34(45-2)37(47-4)35(24-28)46-3)21-26(36(33)48-19-20-50-30-14-12-29(39)13-15-30)11-8-18-40(42,43)38(41)25-9-6-5-7-10-25/h5-10,12-15,18,21-24,31-32,42-43H,11,16-17,19-20H2,1-4H3/q+1. The molecule has 5 rings (SSSR count). The number of methoxy groups -OCH3 is 4. The Bertz CT molecular complexity index is 1760. The quantitative estimate of drug-likeness (QED) is 0.0407. The van der Waals surface area contributed by atoms with Crippen LogP contribution < -0.4 is 23.7 Å². The van der Waals surface area contributed by atoms with Crippen molar-refractivity contribution in [2.45, 2.75) is 36.4 Å². The van der Waals surface area contributed by atoms with Gasteiger partial charge in [-0.15, -0.1) is 11.8 Å². The lowest BCUT2D eigenvalue weighted by Crippen LogP contribution is -2.41. The van der Waals surface area contributed by atoms with Gasteiger partial charge in [-0.1, -0.05) is 29.8 Å². The summed E-state index contributed by atoms with van der Waals surface area (Å²) in [6.07, 6.45) is 3.74. The van der Waals surface area contributed by atoms with Crippen molar-refractivity contribution in [1.29, 1.82) is 0 Å². The number of hydroxylamine groups is 4. The number of nitrogens with zero attached hydrogens (tertiary/aromatic N) is 1. The second-order valence-corrected chi connectivity index (χ2v) is 13.0. The third-order valence-corrected chi connectivity index (χ3v) is 9.44. The second-order valence-electron chi connectivity index (χ2n) is 11.4. The molecule has 4 aromatic carbocycles. The molecule has 0 spiro atoms. The summed E-state index contributed by atoms with van der Waals surface area (Å²) in [5.41, 5.74) is 2.66. The minimum atomic E-state index is -1.93. The highest BCUT2D eigenvalue weighted by Crippen LogP contribution is 2.47. The van der Waals surface area contributed by atoms with Gasteiger partial charge in [0.25, 0.3) is 0 Å². The second kappa shape index (κ2) is 17.1. The monoisotopic (exact) mass is 722 g/mol. The number of halogens is 1. The van der Waals surface area contributed by atoms with Gasteiger partial charge in [-0.2, -0.15) is 10.4 Å². The van der Waals surface area contributed by atoms with Gasteiger partial charge in [0.2, 0.25) is 5.75 Å². The molecule has 0 bridgehead atoms. The number of quaternary nitrogens is 1. The average Bonchev–Trinajstić information content (AvgIpc) is 3.64. The van der Waals surface area contributed by atoms with Crippen molar-refractivity contribution < 1.29 is 48.4 Å². The van der Waals surface area contributed by atoms with E-state index in [0.717, 1.165) is 40.6 Å². The van der Waals surface area contributed by atoms with Crippen molar-refractivity contribution in [2.24, 2.45) is 0 Å². The van der Waals surface area contributed by atoms with E-state index >= 15 is 0 Å². The zero-order valence-electron chi connectivity index (χ0n) is 28.3. The van der Waals surface area contributed by atoms with E-state index in [0.29, 0.717) is 46.1 Å². The number of carbonyl (C=O) groups is 1. The third kappa shape index (κ3) is 8.91. The van der Waals surface area contributed by atoms with Crippen LogP contribution in [0.2, 0.25) is 5.02 Å². The molecule has 12 heteroatoms. The van der Waals surface area contributed by atoms with E-state index in [1.165, 1.54) is 18.2 Å². The molecular formula is C38H41ClNO9S+. The summed E-state index contributed by atoms with van der Waals surface area (Å²) in [5, 5.41) is 21.9. The number of carbonyl (C=O) groups excluding carboxylic acids is 1. The smallest absolute Gasteiger partial charge is 0.415 e. The summed E-state index contributed by atoms with van der Waals surface area (Å²) in [7, 11) is 6.30. The number of amides is 1. The molecule has 4 aromatic rings. The predicted octanol–water partition coefficient (Wildman–Crippen LogP) is 8.63. The number of allylic oxidation sites excluding steroid dienone is 1. The molecule has 0 aromatic heterocycles. The van der Waals surface area contributed by atoms with Crippen LogP contribution in [0.4, 0.5) is 0 Å². The number of rotatable bonds is 15. The van der Waals surface area contributed by atoms with Crippen LogP contribution in [0.1, 0.15) is 52.1 Å². The van der Waals surface area contributed by atoms with Crippen molar-refractivity contribution >= 4 is 29.3 Å². The fourth-order valence-corrected chi connectivity index (χ4v) is 6.61. The SMILES string of the molecule is COc1cc(C2CCC(c3cc(OC)c(OC)c(OC)c3)O2)cc(CC=C[N+](O)(O)C(=O)c2ccccc2)c1OCCSc1ccc(Cl)cc1. The van der Waals surface area contributed by atoms with E-state index in [4.69, 9.17) is 40.0 Å². The van der Waals surface area contributed by atoms with Gasteiger partial charge in [-0.3, -0.25) is 0 Å². The van der Waals surface area contributed by atoms with Crippen LogP contribution in [-0.4, -0.2) is 61.9 Å². The molecule has 1 fully saturated rings. The number of thioether (sulfide) groups is 1. The van der Waals surface area contributed by atoms with Gasteiger partial charge in [-0.05, 0) is 97.1 Å². The summed E-state index contributed by atoms with van der Waals surface area (Å²) >= 11 is 7.66. The normalized spacial score (nSPS) is 16.0. The molecule has 0 saturated carbocycles. The first kappa shape index (κ1) is 37.0. The molecule has 2 atom stereocenters. The molecule has 1 heterocycles. The summed E-state index contributed by atoms with van der Waals surface area (Å²) in [6.45, 7) is 0.370. The van der Waals surface area contributed by atoms with Crippen LogP contribution in [-0.2, 0) is 11.2 Å². The molecule has 10 nitrogen and oxygen atoms in total. The molecular weight excluding hydrogens is 682 g/mol. The van der Waals surface area contributed by atoms with Crippen LogP contribution in [0.25, 0.3) is 0 Å². The Labute approximate surface area is 301 Å². The highest BCUT2D eigenvalue weighted by atomic mass is 35.5. The highest BCUT2D eigenvalue weighted by molar-refractivity contribution is 7.99. The Kier molecular flexibility index (Phi) is 12.7. The maximum Gasteiger partial charge on any atom is 0.415 e. The Hall–Kier alpha value is -4.23. The van der Waals surface area contributed by atoms with Gasteiger partial charge in [0.05, 0.1) is 52.8 Å². The molecule has 2 N–H and O–H groups in total. The maximum atomic E-state index is 12.8. The van der Waals surface area contributed by atoms with Gasteiger partial charge in [0.15, 0.2) is 29.2 Å². The van der Waals surface area contributed by atoms with Crippen molar-refractivity contribution in [2.75, 3.05) is 40.8 Å². The highest BCUT2D eigenvalue weighted by Gasteiger charge is 2.34. The summed E-state index contributed by atoms with van der Waals surface area (Å²) in [5.74, 6) is 2.40. The van der Waals surface area contributed by atoms with Crippen LogP contribution in [0.15, 0.2) is 96.0 Å². The van der Waals surface area contributed by atoms with E-state index in [1.807, 2.05) is 48.5 Å². The Morgan fingerprint density at radius 2 is 1.42 bits per heavy atom. The van der Waals surface area contributed by atoms with Gasteiger partial charge in [0, 0.05) is 26.0 Å². The maximum absolute atomic E-state index is 12.8. The summed E-state index contributed by atoms with van der Waals surface area (Å²) in [6, 6.07) is 23.4. The number of benzene rings is 4. The van der Waals surface area contributed by atoms with Crippen molar-refractivity contribution in [3.63, 3.8) is 0 Å². The fraction of sp³-hybridized carbons (Fsp3) is 0.289. The molecule has 50 heavy (non-hydrogen) atoms. The molecule has 0 aliphatic carbocycles. The van der Waals surface area contributed by atoms with Crippen molar-refractivity contribution in [1.82, 2.24) is 0 Å². The minimum absolute atomic E-state index is 0.160. The average molecular weight is 723 g/mol. The lowest BCUT2D eigenvalue weighted by molar-refractivity contribution is -1.15. The lowest BCUT2D eigenvalue weighted by Gasteiger charge is -2.21. The van der Waals surface area contributed by atoms with E-state index in [2.05, 4.69) is 0 Å². The van der Waals surface area contributed by atoms with Gasteiger partial charge in [0.1, 0.15) is 0 Å². The van der Waals surface area contributed by atoms with E-state index in [-0.39, 0.29) is 24.2 Å². The van der Waals surface area contributed by atoms with Crippen molar-refractivity contribution in [3.05, 3.63) is 118 Å². The molecule has 1 aliphatic heterocycles. The largest absolute Gasteiger partial charge is 0.493 e. The van der Waals surface area contributed by atoms with Crippen LogP contribution in [0.5, 0.6) is 28.7 Å². The molecule has 264 valence electrons. The van der Waals surface area contributed by atoms with E-state index in [1.54, 1.807) is 58.4 Å². The molecule has 1 amide bonds. The van der Waals surface area contributed by atoms with Crippen LogP contribution >= 0.6 is 23.4 Å². The molecule has 1 aliphatic rings. The van der Waals surface area contributed by atoms with Gasteiger partial charge >= 0.3 is 5.91 Å². The predicted molar refractivity (Wildman–Crippen MR) is 190 cm³/mol. The number of hydrogen-bond donors (Lipinski definition) is 2. The summed E-state index contributed by atoms with van der Waals surface area (Å²) in [4.78, 5) is 11.9. The topological polar surface area (TPSA) is 113 Å². The van der Waals surface area contributed by atoms with Crippen LogP contribution in [0, 0.1) is 0 Å². The first-order chi connectivity index (χ1) is 24.2. The van der Waals surface area contributed by atoms with Crippen molar-refractivity contribution in [3.8, 4) is 28.7 Å². The van der Waals surface area contributed by atoms with Gasteiger partial charge < -0.3 is 28.4 Å². The Morgan fingerprint density at radius 3 is 2.00 bits per heavy atom. The minimum Gasteiger partial charge on any atom is -0.493 e. The number of ether oxygens (including phenoxy) is 6. The van der Waals surface area contributed by atoms with E-state index < -0.39 is 10.7 Å². The third-order valence-electron chi connectivity index (χ3n) is 8.21. The first-order valence-electron chi connectivity index (χ1n) is 16.0. The lowest BCUT2D eigenvalue weighted by atomic mass is 9.99. The Morgan fingerprint density at radius 1 is 0.840 bits per heavy atom.